The number of hydrogen-bond donors (Lipinski definition) is 1. The van der Waals surface area contributed by atoms with Crippen molar-refractivity contribution < 1.29 is 17.9 Å². The normalized spacial score (nSPS) is 19.2. The molecule has 2 rings (SSSR count). The van der Waals surface area contributed by atoms with Crippen LogP contribution < -0.4 is 10.5 Å². The van der Waals surface area contributed by atoms with E-state index in [1.54, 1.807) is 12.1 Å². The summed E-state index contributed by atoms with van der Waals surface area (Å²) in [6, 6.07) is 5.80. The van der Waals surface area contributed by atoms with E-state index in [1.807, 2.05) is 0 Å². The van der Waals surface area contributed by atoms with Gasteiger partial charge in [-0.05, 0) is 36.5 Å². The highest BCUT2D eigenvalue weighted by Crippen LogP contribution is 2.34. The van der Waals surface area contributed by atoms with Gasteiger partial charge in [0.1, 0.15) is 5.75 Å². The molecule has 1 aromatic carbocycles. The van der Waals surface area contributed by atoms with Gasteiger partial charge in [0.05, 0.1) is 0 Å². The predicted molar refractivity (Wildman–Crippen MR) is 66.6 cm³/mol. The van der Waals surface area contributed by atoms with Crippen molar-refractivity contribution in [3.8, 4) is 5.75 Å². The maximum atomic E-state index is 12.2. The first-order valence-corrected chi connectivity index (χ1v) is 6.57. The van der Waals surface area contributed by atoms with Crippen molar-refractivity contribution >= 4 is 0 Å². The lowest BCUT2D eigenvalue weighted by molar-refractivity contribution is -0.274. The van der Waals surface area contributed by atoms with E-state index in [0.717, 1.165) is 25.7 Å². The summed E-state index contributed by atoms with van der Waals surface area (Å²) in [5.74, 6) is 0.158. The van der Waals surface area contributed by atoms with Crippen LogP contribution in [0.15, 0.2) is 24.3 Å². The number of benzene rings is 1. The second-order valence-corrected chi connectivity index (χ2v) is 5.04. The van der Waals surface area contributed by atoms with Gasteiger partial charge in [0, 0.05) is 6.04 Å². The molecule has 0 amide bonds. The van der Waals surface area contributed by atoms with E-state index in [9.17, 15) is 13.2 Å². The Morgan fingerprint density at radius 1 is 1.16 bits per heavy atom. The van der Waals surface area contributed by atoms with E-state index < -0.39 is 6.36 Å². The molecule has 106 valence electrons. The molecular weight excluding hydrogens is 255 g/mol. The van der Waals surface area contributed by atoms with E-state index in [2.05, 4.69) is 4.74 Å². The van der Waals surface area contributed by atoms with E-state index in [0.29, 0.717) is 11.5 Å². The Balaban J connectivity index is 2.09. The van der Waals surface area contributed by atoms with Crippen molar-refractivity contribution in [2.24, 2.45) is 11.7 Å². The van der Waals surface area contributed by atoms with Crippen molar-refractivity contribution in [1.29, 1.82) is 0 Å². The number of nitrogens with two attached hydrogens (primary N) is 1. The third kappa shape index (κ3) is 4.13. The molecule has 0 heterocycles. The third-order valence-electron chi connectivity index (χ3n) is 3.63. The Morgan fingerprint density at radius 3 is 2.47 bits per heavy atom. The van der Waals surface area contributed by atoms with E-state index >= 15 is 0 Å². The minimum atomic E-state index is -4.66. The molecule has 2 nitrogen and oxygen atoms in total. The molecule has 1 aliphatic carbocycles. The highest BCUT2D eigenvalue weighted by atomic mass is 19.4. The molecule has 1 aromatic rings. The predicted octanol–water partition coefficient (Wildman–Crippen LogP) is 4.17. The number of halogens is 3. The van der Waals surface area contributed by atoms with Gasteiger partial charge in [-0.15, -0.1) is 13.2 Å². The van der Waals surface area contributed by atoms with Crippen LogP contribution in [0.25, 0.3) is 0 Å². The zero-order valence-electron chi connectivity index (χ0n) is 10.6. The van der Waals surface area contributed by atoms with Gasteiger partial charge in [-0.2, -0.15) is 0 Å². The minimum absolute atomic E-state index is 0.198. The van der Waals surface area contributed by atoms with Crippen molar-refractivity contribution in [2.75, 3.05) is 0 Å². The summed E-state index contributed by atoms with van der Waals surface area (Å²) >= 11 is 0. The number of alkyl halides is 3. The van der Waals surface area contributed by atoms with Gasteiger partial charge in [0.15, 0.2) is 0 Å². The van der Waals surface area contributed by atoms with Crippen LogP contribution >= 0.6 is 0 Å². The monoisotopic (exact) mass is 273 g/mol. The second kappa shape index (κ2) is 5.82. The first kappa shape index (κ1) is 14.2. The summed E-state index contributed by atoms with van der Waals surface area (Å²) in [5, 5.41) is 0. The van der Waals surface area contributed by atoms with Crippen LogP contribution in [0.1, 0.15) is 43.7 Å². The fourth-order valence-corrected chi connectivity index (χ4v) is 2.68. The SMILES string of the molecule is N[C@H](c1cccc(OC(F)(F)F)c1)C1CCCCC1. The molecule has 19 heavy (non-hydrogen) atoms. The molecule has 0 bridgehead atoms. The Bertz CT molecular complexity index is 413. The van der Waals surface area contributed by atoms with Crippen LogP contribution in [0.3, 0.4) is 0 Å². The van der Waals surface area contributed by atoms with Crippen LogP contribution in [-0.4, -0.2) is 6.36 Å². The maximum absolute atomic E-state index is 12.2. The van der Waals surface area contributed by atoms with Crippen LogP contribution in [0.5, 0.6) is 5.75 Å². The van der Waals surface area contributed by atoms with Crippen LogP contribution in [0.4, 0.5) is 13.2 Å². The standard InChI is InChI=1S/C14H18F3NO/c15-14(16,17)19-12-8-4-7-11(9-12)13(18)10-5-2-1-3-6-10/h4,7-10,13H,1-3,5-6,18H2/t13-/m0/s1. The maximum Gasteiger partial charge on any atom is 0.573 e. The lowest BCUT2D eigenvalue weighted by Gasteiger charge is -2.28. The topological polar surface area (TPSA) is 35.2 Å². The van der Waals surface area contributed by atoms with Gasteiger partial charge in [-0.3, -0.25) is 0 Å². The van der Waals surface area contributed by atoms with Crippen molar-refractivity contribution in [3.63, 3.8) is 0 Å². The van der Waals surface area contributed by atoms with Crippen LogP contribution in [-0.2, 0) is 0 Å². The van der Waals surface area contributed by atoms with E-state index in [-0.39, 0.29) is 11.8 Å². The zero-order chi connectivity index (χ0) is 13.9. The summed E-state index contributed by atoms with van der Waals surface area (Å²) < 4.78 is 40.5. The second-order valence-electron chi connectivity index (χ2n) is 5.04. The first-order valence-electron chi connectivity index (χ1n) is 6.57. The molecule has 0 spiro atoms. The molecule has 1 aliphatic rings. The largest absolute Gasteiger partial charge is 0.573 e. The van der Waals surface area contributed by atoms with E-state index in [4.69, 9.17) is 5.73 Å². The quantitative estimate of drug-likeness (QED) is 0.897. The molecular formula is C14H18F3NO. The zero-order valence-corrected chi connectivity index (χ0v) is 10.6. The van der Waals surface area contributed by atoms with Gasteiger partial charge in [0.25, 0.3) is 0 Å². The van der Waals surface area contributed by atoms with Crippen LogP contribution in [0.2, 0.25) is 0 Å². The van der Waals surface area contributed by atoms with Gasteiger partial charge < -0.3 is 10.5 Å². The average Bonchev–Trinajstić information content (AvgIpc) is 2.37. The molecule has 0 aliphatic heterocycles. The summed E-state index contributed by atoms with van der Waals surface area (Å²) in [5.41, 5.74) is 6.88. The highest BCUT2D eigenvalue weighted by molar-refractivity contribution is 5.31. The van der Waals surface area contributed by atoms with E-state index in [1.165, 1.54) is 18.6 Å². The fraction of sp³-hybridized carbons (Fsp3) is 0.571. The number of ether oxygens (including phenoxy) is 1. The molecule has 0 radical (unpaired) electrons. The number of rotatable bonds is 3. The summed E-state index contributed by atoms with van der Waals surface area (Å²) in [6.07, 6.45) is 0.958. The lowest BCUT2D eigenvalue weighted by atomic mass is 9.81. The van der Waals surface area contributed by atoms with Gasteiger partial charge in [-0.25, -0.2) is 0 Å². The number of hydrogen-bond acceptors (Lipinski definition) is 2. The minimum Gasteiger partial charge on any atom is -0.406 e. The van der Waals surface area contributed by atoms with Crippen molar-refractivity contribution in [3.05, 3.63) is 29.8 Å². The van der Waals surface area contributed by atoms with Crippen molar-refractivity contribution in [2.45, 2.75) is 44.5 Å². The van der Waals surface area contributed by atoms with Crippen LogP contribution in [0, 0.1) is 5.92 Å². The summed E-state index contributed by atoms with van der Waals surface area (Å²) in [7, 11) is 0. The Labute approximate surface area is 110 Å². The van der Waals surface area contributed by atoms with Crippen molar-refractivity contribution in [1.82, 2.24) is 0 Å². The Hall–Kier alpha value is -1.23. The molecule has 0 saturated heterocycles. The molecule has 1 atom stereocenters. The molecule has 0 unspecified atom stereocenters. The fourth-order valence-electron chi connectivity index (χ4n) is 2.68. The molecule has 0 aromatic heterocycles. The van der Waals surface area contributed by atoms with Gasteiger partial charge in [-0.1, -0.05) is 31.4 Å². The Morgan fingerprint density at radius 2 is 1.84 bits per heavy atom. The molecule has 5 heteroatoms. The molecule has 2 N–H and O–H groups in total. The smallest absolute Gasteiger partial charge is 0.406 e. The van der Waals surface area contributed by atoms with Gasteiger partial charge in [0.2, 0.25) is 0 Å². The molecule has 1 saturated carbocycles. The average molecular weight is 273 g/mol. The lowest BCUT2D eigenvalue weighted by Crippen LogP contribution is -2.24. The van der Waals surface area contributed by atoms with Gasteiger partial charge >= 0.3 is 6.36 Å². The Kier molecular flexibility index (Phi) is 4.34. The summed E-state index contributed by atoms with van der Waals surface area (Å²) in [6.45, 7) is 0. The first-order chi connectivity index (χ1) is 8.96. The third-order valence-corrected chi connectivity index (χ3v) is 3.63. The molecule has 1 fully saturated rings. The highest BCUT2D eigenvalue weighted by Gasteiger charge is 2.31. The summed E-state index contributed by atoms with van der Waals surface area (Å²) in [4.78, 5) is 0.